The van der Waals surface area contributed by atoms with E-state index in [-0.39, 0.29) is 11.9 Å². The SMILES string of the molecule is C=CC(=O)N1CC[C@@H](N(C)c2ncc3ncnc(Nc4ccc(Oc5ccc6c(c5)nnn6C)c(C)c4)c3n2)C1. The van der Waals surface area contributed by atoms with Gasteiger partial charge in [0.15, 0.2) is 5.82 Å². The lowest BCUT2D eigenvalue weighted by Gasteiger charge is -2.24. The number of amides is 1. The largest absolute Gasteiger partial charge is 0.457 e. The van der Waals surface area contributed by atoms with Crippen molar-refractivity contribution < 1.29 is 9.53 Å². The van der Waals surface area contributed by atoms with Crippen molar-refractivity contribution in [2.45, 2.75) is 19.4 Å². The van der Waals surface area contributed by atoms with E-state index in [1.165, 1.54) is 12.4 Å². The molecule has 0 radical (unpaired) electrons. The number of nitrogens with one attached hydrogen (secondary N) is 1. The molecule has 0 unspecified atom stereocenters. The van der Waals surface area contributed by atoms with Crippen molar-refractivity contribution in [3.63, 3.8) is 0 Å². The van der Waals surface area contributed by atoms with Crippen LogP contribution in [0.5, 0.6) is 11.5 Å². The second kappa shape index (κ2) is 10.2. The first-order chi connectivity index (χ1) is 19.4. The van der Waals surface area contributed by atoms with Crippen molar-refractivity contribution in [1.29, 1.82) is 0 Å². The topological polar surface area (TPSA) is 127 Å². The smallest absolute Gasteiger partial charge is 0.246 e. The fourth-order valence-electron chi connectivity index (χ4n) is 4.85. The van der Waals surface area contributed by atoms with Crippen LogP contribution in [-0.2, 0) is 11.8 Å². The number of fused-ring (bicyclic) bond motifs is 2. The predicted molar refractivity (Wildman–Crippen MR) is 152 cm³/mol. The molecule has 12 heteroatoms. The Bertz CT molecular complexity index is 1750. The average Bonchev–Trinajstić information content (AvgIpc) is 3.61. The highest BCUT2D eigenvalue weighted by Crippen LogP contribution is 2.31. The summed E-state index contributed by atoms with van der Waals surface area (Å²) in [6, 6.07) is 11.6. The molecule has 4 heterocycles. The molecule has 1 fully saturated rings. The molecule has 1 aliphatic heterocycles. The Labute approximate surface area is 230 Å². The average molecular weight is 537 g/mol. The van der Waals surface area contributed by atoms with Gasteiger partial charge >= 0.3 is 0 Å². The molecule has 3 aromatic heterocycles. The summed E-state index contributed by atoms with van der Waals surface area (Å²) in [5.74, 6) is 2.47. The number of ether oxygens (including phenoxy) is 1. The Hall–Kier alpha value is -5.13. The van der Waals surface area contributed by atoms with E-state index in [2.05, 4.69) is 37.2 Å². The minimum Gasteiger partial charge on any atom is -0.457 e. The number of likely N-dealkylation sites (N-methyl/N-ethyl adjacent to an activating group) is 1. The zero-order chi connectivity index (χ0) is 27.8. The summed E-state index contributed by atoms with van der Waals surface area (Å²) >= 11 is 0. The van der Waals surface area contributed by atoms with E-state index in [1.54, 1.807) is 15.8 Å². The lowest BCUT2D eigenvalue weighted by Crippen LogP contribution is -2.37. The van der Waals surface area contributed by atoms with E-state index in [0.29, 0.717) is 41.6 Å². The van der Waals surface area contributed by atoms with Crippen LogP contribution in [0, 0.1) is 6.92 Å². The first-order valence-corrected chi connectivity index (χ1v) is 12.9. The number of carbonyl (C=O) groups is 1. The van der Waals surface area contributed by atoms with Gasteiger partial charge in [0.05, 0.1) is 17.8 Å². The van der Waals surface area contributed by atoms with Crippen molar-refractivity contribution in [3.8, 4) is 11.5 Å². The van der Waals surface area contributed by atoms with Gasteiger partial charge < -0.3 is 19.9 Å². The Morgan fingerprint density at radius 2 is 2.05 bits per heavy atom. The maximum atomic E-state index is 12.0. The summed E-state index contributed by atoms with van der Waals surface area (Å²) in [6.45, 7) is 6.85. The third-order valence-corrected chi connectivity index (χ3v) is 7.13. The Balaban J connectivity index is 1.21. The number of aromatic nitrogens is 7. The molecule has 1 atom stereocenters. The van der Waals surface area contributed by atoms with Crippen LogP contribution in [0.2, 0.25) is 0 Å². The van der Waals surface area contributed by atoms with Gasteiger partial charge in [0, 0.05) is 38.9 Å². The molecule has 0 saturated carbocycles. The molecule has 12 nitrogen and oxygen atoms in total. The minimum atomic E-state index is -0.0616. The molecule has 40 heavy (non-hydrogen) atoms. The molecular formula is C28H28N10O2. The summed E-state index contributed by atoms with van der Waals surface area (Å²) in [6.07, 6.45) is 5.36. The van der Waals surface area contributed by atoms with Gasteiger partial charge in [-0.1, -0.05) is 11.8 Å². The number of anilines is 3. The van der Waals surface area contributed by atoms with Crippen molar-refractivity contribution in [3.05, 3.63) is 67.1 Å². The summed E-state index contributed by atoms with van der Waals surface area (Å²) < 4.78 is 7.86. The molecule has 1 N–H and O–H groups in total. The number of hydrogen-bond acceptors (Lipinski definition) is 10. The molecule has 202 valence electrons. The zero-order valence-electron chi connectivity index (χ0n) is 22.4. The number of likely N-dealkylation sites (tertiary alicyclic amines) is 1. The maximum Gasteiger partial charge on any atom is 0.246 e. The molecule has 0 aliphatic carbocycles. The van der Waals surface area contributed by atoms with Gasteiger partial charge in [-0.15, -0.1) is 5.10 Å². The maximum absolute atomic E-state index is 12.0. The molecule has 6 rings (SSSR count). The van der Waals surface area contributed by atoms with Gasteiger partial charge in [0.2, 0.25) is 11.9 Å². The second-order valence-electron chi connectivity index (χ2n) is 9.74. The number of benzene rings is 2. The number of carbonyl (C=O) groups excluding carboxylic acids is 1. The van der Waals surface area contributed by atoms with Gasteiger partial charge in [-0.05, 0) is 55.3 Å². The Kier molecular flexibility index (Phi) is 6.42. The van der Waals surface area contributed by atoms with Crippen molar-refractivity contribution >= 4 is 45.4 Å². The molecule has 5 aromatic rings. The lowest BCUT2D eigenvalue weighted by atomic mass is 10.2. The van der Waals surface area contributed by atoms with Crippen LogP contribution in [0.4, 0.5) is 17.5 Å². The van der Waals surface area contributed by atoms with Crippen LogP contribution in [0.25, 0.3) is 22.1 Å². The van der Waals surface area contributed by atoms with E-state index in [0.717, 1.165) is 34.5 Å². The Morgan fingerprint density at radius 1 is 1.18 bits per heavy atom. The fraction of sp³-hybridized carbons (Fsp3) is 0.250. The van der Waals surface area contributed by atoms with Gasteiger partial charge in [-0.25, -0.2) is 24.6 Å². The summed E-state index contributed by atoms with van der Waals surface area (Å²) in [4.78, 5) is 33.9. The molecule has 2 aromatic carbocycles. The molecule has 1 aliphatic rings. The zero-order valence-corrected chi connectivity index (χ0v) is 22.4. The summed E-state index contributed by atoms with van der Waals surface area (Å²) in [7, 11) is 3.79. The van der Waals surface area contributed by atoms with Crippen LogP contribution < -0.4 is 15.0 Å². The van der Waals surface area contributed by atoms with E-state index in [4.69, 9.17) is 9.72 Å². The molecular weight excluding hydrogens is 508 g/mol. The van der Waals surface area contributed by atoms with Gasteiger partial charge in [-0.2, -0.15) is 0 Å². The van der Waals surface area contributed by atoms with E-state index in [1.807, 2.05) is 62.3 Å². The van der Waals surface area contributed by atoms with E-state index < -0.39 is 0 Å². The van der Waals surface area contributed by atoms with Crippen molar-refractivity contribution in [2.75, 3.05) is 30.4 Å². The van der Waals surface area contributed by atoms with Crippen LogP contribution in [-0.4, -0.2) is 71.9 Å². The summed E-state index contributed by atoms with van der Waals surface area (Å²) in [5.41, 5.74) is 4.71. The quantitative estimate of drug-likeness (QED) is 0.307. The standard InChI is InChI=1S/C28H28N10O2/c1-5-25(39)38-11-10-19(15-38)36(3)28-29-14-22-26(33-28)27(31-16-30-22)32-18-6-9-24(17(2)12-18)40-20-7-8-23-21(13-20)34-35-37(23)4/h5-9,12-14,16,19H,1,10-11,15H2,2-4H3,(H,30,31,32)/t19-/m1/s1. The van der Waals surface area contributed by atoms with Gasteiger partial charge in [-0.3, -0.25) is 4.79 Å². The lowest BCUT2D eigenvalue weighted by molar-refractivity contribution is -0.125. The normalized spacial score (nSPS) is 15.0. The third kappa shape index (κ3) is 4.75. The highest BCUT2D eigenvalue weighted by Gasteiger charge is 2.29. The second-order valence-corrected chi connectivity index (χ2v) is 9.74. The highest BCUT2D eigenvalue weighted by atomic mass is 16.5. The van der Waals surface area contributed by atoms with Gasteiger partial charge in [0.1, 0.15) is 34.4 Å². The van der Waals surface area contributed by atoms with Gasteiger partial charge in [0.25, 0.3) is 0 Å². The number of aryl methyl sites for hydroxylation is 2. The van der Waals surface area contributed by atoms with Crippen molar-refractivity contribution in [1.82, 2.24) is 39.8 Å². The summed E-state index contributed by atoms with van der Waals surface area (Å²) in [5, 5.41) is 11.6. The molecule has 0 bridgehead atoms. The van der Waals surface area contributed by atoms with E-state index in [9.17, 15) is 4.79 Å². The Morgan fingerprint density at radius 3 is 2.88 bits per heavy atom. The van der Waals surface area contributed by atoms with Crippen LogP contribution in [0.3, 0.4) is 0 Å². The number of hydrogen-bond donors (Lipinski definition) is 1. The molecule has 1 saturated heterocycles. The highest BCUT2D eigenvalue weighted by molar-refractivity contribution is 5.88. The van der Waals surface area contributed by atoms with E-state index >= 15 is 0 Å². The first kappa shape index (κ1) is 25.2. The van der Waals surface area contributed by atoms with Crippen molar-refractivity contribution in [2.24, 2.45) is 7.05 Å². The first-order valence-electron chi connectivity index (χ1n) is 12.9. The molecule has 1 amide bonds. The van der Waals surface area contributed by atoms with Crippen LogP contribution >= 0.6 is 0 Å². The number of rotatable bonds is 7. The predicted octanol–water partition coefficient (Wildman–Crippen LogP) is 3.77. The monoisotopic (exact) mass is 536 g/mol. The third-order valence-electron chi connectivity index (χ3n) is 7.13. The number of nitrogens with zero attached hydrogens (tertiary/aromatic N) is 9. The van der Waals surface area contributed by atoms with Crippen LogP contribution in [0.15, 0.2) is 61.6 Å². The minimum absolute atomic E-state index is 0.0616. The molecule has 0 spiro atoms. The fourth-order valence-corrected chi connectivity index (χ4v) is 4.85. The van der Waals surface area contributed by atoms with Crippen LogP contribution in [0.1, 0.15) is 12.0 Å².